The second-order valence-electron chi connectivity index (χ2n) is 9.42. The summed E-state index contributed by atoms with van der Waals surface area (Å²) >= 11 is 7.52. The van der Waals surface area contributed by atoms with Crippen LogP contribution in [0.5, 0.6) is 0 Å². The van der Waals surface area contributed by atoms with Gasteiger partial charge in [0.1, 0.15) is 0 Å². The van der Waals surface area contributed by atoms with Gasteiger partial charge in [-0.25, -0.2) is 12.7 Å². The fraction of sp³-hybridized carbons (Fsp3) is 0.214. The van der Waals surface area contributed by atoms with Gasteiger partial charge in [0.25, 0.3) is 5.91 Å². The molecule has 1 aliphatic heterocycles. The van der Waals surface area contributed by atoms with Crippen LogP contribution >= 0.6 is 23.4 Å². The molecule has 1 aliphatic rings. The first-order valence-electron chi connectivity index (χ1n) is 12.7. The first-order valence-corrected chi connectivity index (χ1v) is 15.5. The number of hydrogen-bond acceptors (Lipinski definition) is 7. The lowest BCUT2D eigenvalue weighted by Gasteiger charge is -2.17. The van der Waals surface area contributed by atoms with Crippen molar-refractivity contribution in [2.75, 3.05) is 31.3 Å². The number of carbonyl (C=O) groups is 2. The van der Waals surface area contributed by atoms with Crippen LogP contribution in [0.3, 0.4) is 0 Å². The number of para-hydroxylation sites is 1. The Morgan fingerprint density at radius 1 is 1.02 bits per heavy atom. The fourth-order valence-corrected chi connectivity index (χ4v) is 6.37. The summed E-state index contributed by atoms with van der Waals surface area (Å²) in [4.78, 5) is 27.9. The second-order valence-corrected chi connectivity index (χ2v) is 13.0. The number of nitrogens with one attached hydrogen (secondary N) is 1. The molecule has 13 heteroatoms. The lowest BCUT2D eigenvalue weighted by molar-refractivity contribution is -0.116. The molecule has 3 aromatic carbocycles. The van der Waals surface area contributed by atoms with Crippen LogP contribution in [0.2, 0.25) is 5.02 Å². The van der Waals surface area contributed by atoms with Crippen molar-refractivity contribution in [2.24, 2.45) is 0 Å². The van der Waals surface area contributed by atoms with E-state index in [2.05, 4.69) is 15.5 Å². The number of sulfonamides is 1. The third-order valence-electron chi connectivity index (χ3n) is 6.58. The van der Waals surface area contributed by atoms with E-state index in [9.17, 15) is 18.0 Å². The van der Waals surface area contributed by atoms with Gasteiger partial charge in [0.2, 0.25) is 15.9 Å². The summed E-state index contributed by atoms with van der Waals surface area (Å²) in [7, 11) is -0.715. The van der Waals surface area contributed by atoms with Gasteiger partial charge in [-0.05, 0) is 60.5 Å². The standard InChI is InChI=1S/C28H27ClN6O4S2/c1-33(2)41(38,39)23-12-10-20(11-13-23)27(37)30-17-25-31-32-28(35(25)22-8-5-7-21(29)16-22)40-18-26(36)34-15-14-19-6-3-4-9-24(19)34/h3-13,16H,14-15,17-18H2,1-2H3,(H,30,37). The molecule has 0 aliphatic carbocycles. The maximum Gasteiger partial charge on any atom is 0.251 e. The van der Waals surface area contributed by atoms with Crippen LogP contribution in [-0.2, 0) is 27.8 Å². The first-order chi connectivity index (χ1) is 19.6. The molecule has 5 rings (SSSR count). The lowest BCUT2D eigenvalue weighted by Crippen LogP contribution is -2.30. The molecule has 0 unspecified atom stereocenters. The highest BCUT2D eigenvalue weighted by atomic mass is 35.5. The van der Waals surface area contributed by atoms with Gasteiger partial charge in [0, 0.05) is 36.9 Å². The predicted molar refractivity (Wildman–Crippen MR) is 158 cm³/mol. The summed E-state index contributed by atoms with van der Waals surface area (Å²) in [6.45, 7) is 0.670. The topological polar surface area (TPSA) is 118 Å². The van der Waals surface area contributed by atoms with Crippen molar-refractivity contribution in [1.29, 1.82) is 0 Å². The van der Waals surface area contributed by atoms with Gasteiger partial charge in [0.15, 0.2) is 11.0 Å². The van der Waals surface area contributed by atoms with E-state index in [4.69, 9.17) is 11.6 Å². The van der Waals surface area contributed by atoms with Gasteiger partial charge in [-0.2, -0.15) is 0 Å². The Balaban J connectivity index is 1.32. The van der Waals surface area contributed by atoms with Crippen LogP contribution in [0.25, 0.3) is 5.69 Å². The van der Waals surface area contributed by atoms with Crippen LogP contribution in [0, 0.1) is 0 Å². The van der Waals surface area contributed by atoms with Crippen molar-refractivity contribution in [2.45, 2.75) is 23.0 Å². The smallest absolute Gasteiger partial charge is 0.251 e. The number of benzene rings is 3. The van der Waals surface area contributed by atoms with Crippen molar-refractivity contribution < 1.29 is 18.0 Å². The maximum absolute atomic E-state index is 13.1. The monoisotopic (exact) mass is 610 g/mol. The summed E-state index contributed by atoms with van der Waals surface area (Å²) < 4.78 is 27.5. The molecule has 0 saturated carbocycles. The number of aromatic nitrogens is 3. The Labute approximate surface area is 247 Å². The summed E-state index contributed by atoms with van der Waals surface area (Å²) in [6.07, 6.45) is 0.823. The number of anilines is 1. The summed E-state index contributed by atoms with van der Waals surface area (Å²) in [5, 5.41) is 12.4. The Bertz CT molecular complexity index is 1710. The Morgan fingerprint density at radius 3 is 2.51 bits per heavy atom. The van der Waals surface area contributed by atoms with E-state index in [0.29, 0.717) is 33.8 Å². The van der Waals surface area contributed by atoms with Crippen molar-refractivity contribution in [3.8, 4) is 5.69 Å². The molecule has 0 atom stereocenters. The molecule has 41 heavy (non-hydrogen) atoms. The van der Waals surface area contributed by atoms with E-state index in [1.54, 1.807) is 27.7 Å². The number of nitrogens with zero attached hydrogens (tertiary/aromatic N) is 5. The van der Waals surface area contributed by atoms with E-state index < -0.39 is 15.9 Å². The largest absolute Gasteiger partial charge is 0.345 e. The van der Waals surface area contributed by atoms with Crippen molar-refractivity contribution in [3.05, 3.63) is 94.8 Å². The molecule has 2 heterocycles. The fourth-order valence-electron chi connectivity index (χ4n) is 4.43. The molecular formula is C28H27ClN6O4S2. The molecule has 0 bridgehead atoms. The highest BCUT2D eigenvalue weighted by Gasteiger charge is 2.25. The number of carbonyl (C=O) groups excluding carboxylic acids is 2. The summed E-state index contributed by atoms with van der Waals surface area (Å²) in [5.41, 5.74) is 3.07. The minimum atomic E-state index is -3.60. The molecule has 212 valence electrons. The molecule has 1 aromatic heterocycles. The molecule has 0 fully saturated rings. The Morgan fingerprint density at radius 2 is 1.78 bits per heavy atom. The Kier molecular flexibility index (Phi) is 8.45. The van der Waals surface area contributed by atoms with Gasteiger partial charge in [-0.1, -0.05) is 47.6 Å². The molecule has 2 amide bonds. The second kappa shape index (κ2) is 12.0. The van der Waals surface area contributed by atoms with Crippen LogP contribution in [0.4, 0.5) is 5.69 Å². The van der Waals surface area contributed by atoms with E-state index in [0.717, 1.165) is 22.0 Å². The van der Waals surface area contributed by atoms with Gasteiger partial charge >= 0.3 is 0 Å². The minimum Gasteiger partial charge on any atom is -0.345 e. The Hall–Kier alpha value is -3.71. The minimum absolute atomic E-state index is 0.0318. The third kappa shape index (κ3) is 6.15. The SMILES string of the molecule is CN(C)S(=O)(=O)c1ccc(C(=O)NCc2nnc(SCC(=O)N3CCc4ccccc43)n2-c2cccc(Cl)c2)cc1. The van der Waals surface area contributed by atoms with Crippen LogP contribution in [-0.4, -0.2) is 65.7 Å². The number of thioether (sulfide) groups is 1. The maximum atomic E-state index is 13.1. The molecule has 10 nitrogen and oxygen atoms in total. The lowest BCUT2D eigenvalue weighted by atomic mass is 10.2. The number of amides is 2. The van der Waals surface area contributed by atoms with Crippen LogP contribution in [0.1, 0.15) is 21.7 Å². The summed E-state index contributed by atoms with van der Waals surface area (Å²) in [6, 6.07) is 20.7. The number of fused-ring (bicyclic) bond motifs is 1. The zero-order chi connectivity index (χ0) is 29.1. The van der Waals surface area contributed by atoms with Crippen molar-refractivity contribution in [3.63, 3.8) is 0 Å². The van der Waals surface area contributed by atoms with Crippen LogP contribution < -0.4 is 10.2 Å². The van der Waals surface area contributed by atoms with Crippen molar-refractivity contribution >= 4 is 50.9 Å². The predicted octanol–water partition coefficient (Wildman–Crippen LogP) is 3.78. The number of rotatable bonds is 9. The molecule has 4 aromatic rings. The highest BCUT2D eigenvalue weighted by Crippen LogP contribution is 2.30. The van der Waals surface area contributed by atoms with E-state index in [1.807, 2.05) is 30.3 Å². The van der Waals surface area contributed by atoms with E-state index >= 15 is 0 Å². The molecule has 0 spiro atoms. The van der Waals surface area contributed by atoms with E-state index in [1.165, 1.54) is 50.1 Å². The first kappa shape index (κ1) is 28.8. The molecule has 0 saturated heterocycles. The average Bonchev–Trinajstić information content (AvgIpc) is 3.59. The number of halogens is 1. The van der Waals surface area contributed by atoms with Gasteiger partial charge in [-0.3, -0.25) is 14.2 Å². The zero-order valence-corrected chi connectivity index (χ0v) is 24.7. The van der Waals surface area contributed by atoms with Gasteiger partial charge in [0.05, 0.1) is 22.9 Å². The molecular weight excluding hydrogens is 584 g/mol. The highest BCUT2D eigenvalue weighted by molar-refractivity contribution is 7.99. The van der Waals surface area contributed by atoms with E-state index in [-0.39, 0.29) is 23.1 Å². The van der Waals surface area contributed by atoms with Gasteiger partial charge in [-0.15, -0.1) is 10.2 Å². The zero-order valence-electron chi connectivity index (χ0n) is 22.3. The molecule has 1 N–H and O–H groups in total. The summed E-state index contributed by atoms with van der Waals surface area (Å²) in [5.74, 6) is 0.155. The van der Waals surface area contributed by atoms with Crippen LogP contribution in [0.15, 0.2) is 82.8 Å². The molecule has 0 radical (unpaired) electrons. The normalized spacial score (nSPS) is 12.9. The third-order valence-corrected chi connectivity index (χ3v) is 9.56. The number of hydrogen-bond donors (Lipinski definition) is 1. The average molecular weight is 611 g/mol. The van der Waals surface area contributed by atoms with Gasteiger partial charge < -0.3 is 10.2 Å². The van der Waals surface area contributed by atoms with Crippen molar-refractivity contribution in [1.82, 2.24) is 24.4 Å². The quantitative estimate of drug-likeness (QED) is 0.287.